The normalized spacial score (nSPS) is 15.8. The van der Waals surface area contributed by atoms with Gasteiger partial charge >= 0.3 is 0 Å². The van der Waals surface area contributed by atoms with Gasteiger partial charge in [0.1, 0.15) is 18.0 Å². The number of nitrogens with zero attached hydrogens (tertiary/aromatic N) is 2. The molecular weight excluding hydrogens is 437 g/mol. The number of nitrogens with one attached hydrogen (secondary N) is 1. The third-order valence-electron chi connectivity index (χ3n) is 5.53. The minimum absolute atomic E-state index is 0.0265. The van der Waals surface area contributed by atoms with Crippen molar-refractivity contribution in [3.05, 3.63) is 63.6 Å². The maximum Gasteiger partial charge on any atom is 0.234 e. The molecule has 0 spiro atoms. The van der Waals surface area contributed by atoms with Gasteiger partial charge in [-0.2, -0.15) is 5.26 Å². The summed E-state index contributed by atoms with van der Waals surface area (Å²) >= 11 is 12.0. The van der Waals surface area contributed by atoms with E-state index in [0.717, 1.165) is 31.5 Å². The molecule has 0 saturated carbocycles. The zero-order valence-electron chi connectivity index (χ0n) is 17.4. The van der Waals surface area contributed by atoms with E-state index in [0.29, 0.717) is 41.1 Å². The second-order valence-electron chi connectivity index (χ2n) is 7.61. The van der Waals surface area contributed by atoms with E-state index < -0.39 is 5.60 Å². The third-order valence-corrected chi connectivity index (χ3v) is 6.27. The van der Waals surface area contributed by atoms with Gasteiger partial charge in [0, 0.05) is 32.8 Å². The van der Waals surface area contributed by atoms with Crippen LogP contribution in [0.5, 0.6) is 5.75 Å². The zero-order chi connectivity index (χ0) is 22.3. The molecule has 1 aliphatic rings. The van der Waals surface area contributed by atoms with Crippen molar-refractivity contribution < 1.29 is 14.3 Å². The van der Waals surface area contributed by atoms with Crippen LogP contribution in [0.25, 0.3) is 0 Å². The summed E-state index contributed by atoms with van der Waals surface area (Å²) in [5.74, 6) is 0.622. The monoisotopic (exact) mass is 461 g/mol. The Morgan fingerprint density at radius 3 is 2.48 bits per heavy atom. The Kier molecular flexibility index (Phi) is 8.16. The lowest BCUT2D eigenvalue weighted by Crippen LogP contribution is -2.51. The molecule has 1 fully saturated rings. The molecule has 1 aliphatic heterocycles. The lowest BCUT2D eigenvalue weighted by atomic mass is 9.92. The molecule has 164 valence electrons. The maximum absolute atomic E-state index is 12.3. The number of methoxy groups -OCH3 is 1. The summed E-state index contributed by atoms with van der Waals surface area (Å²) < 4.78 is 11.7. The number of amides is 1. The number of likely N-dealkylation sites (tertiary alicyclic amines) is 1. The fourth-order valence-corrected chi connectivity index (χ4v) is 3.75. The van der Waals surface area contributed by atoms with Crippen LogP contribution in [-0.2, 0) is 16.1 Å². The molecule has 1 saturated heterocycles. The highest BCUT2D eigenvalue weighted by atomic mass is 35.5. The largest absolute Gasteiger partial charge is 0.491 e. The molecule has 1 heterocycles. The second-order valence-corrected chi connectivity index (χ2v) is 8.43. The highest BCUT2D eigenvalue weighted by molar-refractivity contribution is 6.42. The number of piperidine rings is 1. The third kappa shape index (κ3) is 6.59. The molecule has 2 aromatic carbocycles. The van der Waals surface area contributed by atoms with Crippen LogP contribution >= 0.6 is 23.2 Å². The molecule has 0 unspecified atom stereocenters. The van der Waals surface area contributed by atoms with E-state index in [2.05, 4.69) is 16.3 Å². The van der Waals surface area contributed by atoms with E-state index in [4.69, 9.17) is 37.9 Å². The van der Waals surface area contributed by atoms with Gasteiger partial charge in [-0.25, -0.2) is 0 Å². The van der Waals surface area contributed by atoms with Gasteiger partial charge in [-0.3, -0.25) is 9.69 Å². The van der Waals surface area contributed by atoms with E-state index in [1.165, 1.54) is 0 Å². The smallest absolute Gasteiger partial charge is 0.234 e. The fourth-order valence-electron chi connectivity index (χ4n) is 3.46. The molecule has 8 heteroatoms. The first-order valence-corrected chi connectivity index (χ1v) is 10.8. The molecule has 2 aromatic rings. The predicted molar refractivity (Wildman–Crippen MR) is 120 cm³/mol. The summed E-state index contributed by atoms with van der Waals surface area (Å²) in [4.78, 5) is 14.4. The van der Waals surface area contributed by atoms with Gasteiger partial charge in [-0.05, 0) is 42.7 Å². The summed E-state index contributed by atoms with van der Waals surface area (Å²) in [6.45, 7) is 2.66. The Hall–Kier alpha value is -2.30. The van der Waals surface area contributed by atoms with Crippen molar-refractivity contribution in [2.75, 3.05) is 33.4 Å². The van der Waals surface area contributed by atoms with Crippen molar-refractivity contribution in [1.82, 2.24) is 10.2 Å². The van der Waals surface area contributed by atoms with E-state index in [-0.39, 0.29) is 5.91 Å². The highest BCUT2D eigenvalue weighted by Gasteiger charge is 2.36. The first-order valence-electron chi connectivity index (χ1n) is 10.0. The molecule has 0 aromatic heterocycles. The van der Waals surface area contributed by atoms with Crippen molar-refractivity contribution in [1.29, 1.82) is 5.26 Å². The van der Waals surface area contributed by atoms with Gasteiger partial charge in [-0.15, -0.1) is 0 Å². The fraction of sp³-hybridized carbons (Fsp3) is 0.391. The van der Waals surface area contributed by atoms with E-state index in [1.54, 1.807) is 37.4 Å². The standard InChI is InChI=1S/C23H25Cl2N3O3/c1-30-23(16-31-19-6-7-20(24)21(25)12-19)8-10-28(11-9-23)15-22(29)27-14-18-4-2-17(13-26)3-5-18/h2-7,12H,8-11,14-16H2,1H3,(H,27,29). The quantitative estimate of drug-likeness (QED) is 0.641. The number of benzene rings is 2. The number of carbonyl (C=O) groups excluding carboxylic acids is 1. The van der Waals surface area contributed by atoms with Crippen LogP contribution in [-0.4, -0.2) is 49.8 Å². The number of rotatable bonds is 8. The number of ether oxygens (including phenoxy) is 2. The van der Waals surface area contributed by atoms with Crippen molar-refractivity contribution in [2.45, 2.75) is 25.0 Å². The van der Waals surface area contributed by atoms with Crippen LogP contribution in [0.1, 0.15) is 24.0 Å². The van der Waals surface area contributed by atoms with Crippen LogP contribution in [0.3, 0.4) is 0 Å². The van der Waals surface area contributed by atoms with E-state index in [9.17, 15) is 4.79 Å². The van der Waals surface area contributed by atoms with Gasteiger partial charge in [0.05, 0.1) is 28.2 Å². The average molecular weight is 462 g/mol. The van der Waals surface area contributed by atoms with Gasteiger partial charge in [-0.1, -0.05) is 35.3 Å². The van der Waals surface area contributed by atoms with Gasteiger partial charge < -0.3 is 14.8 Å². The lowest BCUT2D eigenvalue weighted by molar-refractivity contribution is -0.125. The first-order chi connectivity index (χ1) is 14.9. The van der Waals surface area contributed by atoms with Crippen LogP contribution in [0, 0.1) is 11.3 Å². The molecule has 0 radical (unpaired) electrons. The zero-order valence-corrected chi connectivity index (χ0v) is 18.9. The van der Waals surface area contributed by atoms with Crippen LogP contribution in [0.15, 0.2) is 42.5 Å². The number of hydrogen-bond donors (Lipinski definition) is 1. The highest BCUT2D eigenvalue weighted by Crippen LogP contribution is 2.30. The van der Waals surface area contributed by atoms with Crippen molar-refractivity contribution >= 4 is 29.1 Å². The Morgan fingerprint density at radius 2 is 1.87 bits per heavy atom. The molecule has 0 aliphatic carbocycles. The van der Waals surface area contributed by atoms with Crippen LogP contribution < -0.4 is 10.1 Å². The predicted octanol–water partition coefficient (Wildman–Crippen LogP) is 4.04. The molecule has 6 nitrogen and oxygen atoms in total. The summed E-state index contributed by atoms with van der Waals surface area (Å²) in [5.41, 5.74) is 1.17. The van der Waals surface area contributed by atoms with Crippen molar-refractivity contribution in [3.63, 3.8) is 0 Å². The Morgan fingerprint density at radius 1 is 1.16 bits per heavy atom. The molecule has 1 amide bonds. The minimum Gasteiger partial charge on any atom is -0.491 e. The maximum atomic E-state index is 12.3. The second kappa shape index (κ2) is 10.8. The van der Waals surface area contributed by atoms with E-state index >= 15 is 0 Å². The molecule has 0 bridgehead atoms. The Labute approximate surface area is 192 Å². The number of hydrogen-bond acceptors (Lipinski definition) is 5. The number of halogens is 2. The Balaban J connectivity index is 1.43. The minimum atomic E-state index is -0.401. The SMILES string of the molecule is COC1(COc2ccc(Cl)c(Cl)c2)CCN(CC(=O)NCc2ccc(C#N)cc2)CC1. The summed E-state index contributed by atoms with van der Waals surface area (Å²) in [6, 6.07) is 14.5. The van der Waals surface area contributed by atoms with Crippen molar-refractivity contribution in [2.24, 2.45) is 0 Å². The van der Waals surface area contributed by atoms with Crippen LogP contribution in [0.2, 0.25) is 10.0 Å². The summed E-state index contributed by atoms with van der Waals surface area (Å²) in [7, 11) is 1.69. The van der Waals surface area contributed by atoms with Crippen LogP contribution in [0.4, 0.5) is 0 Å². The first kappa shape index (κ1) is 23.4. The average Bonchev–Trinajstić information content (AvgIpc) is 2.80. The Bertz CT molecular complexity index is 936. The molecule has 3 rings (SSSR count). The molecule has 1 N–H and O–H groups in total. The number of carbonyl (C=O) groups is 1. The topological polar surface area (TPSA) is 74.6 Å². The summed E-state index contributed by atoms with van der Waals surface area (Å²) in [6.07, 6.45) is 1.52. The van der Waals surface area contributed by atoms with Gasteiger partial charge in [0.2, 0.25) is 5.91 Å². The van der Waals surface area contributed by atoms with Gasteiger partial charge in [0.15, 0.2) is 0 Å². The molecule has 31 heavy (non-hydrogen) atoms. The molecule has 0 atom stereocenters. The summed E-state index contributed by atoms with van der Waals surface area (Å²) in [5, 5.41) is 12.7. The molecular formula is C23H25Cl2N3O3. The van der Waals surface area contributed by atoms with Crippen molar-refractivity contribution in [3.8, 4) is 11.8 Å². The number of nitriles is 1. The van der Waals surface area contributed by atoms with E-state index in [1.807, 2.05) is 12.1 Å². The van der Waals surface area contributed by atoms with Gasteiger partial charge in [0.25, 0.3) is 0 Å². The lowest BCUT2D eigenvalue weighted by Gasteiger charge is -2.40.